The second-order valence-corrected chi connectivity index (χ2v) is 9.16. The first-order valence-corrected chi connectivity index (χ1v) is 12.6. The molecule has 186 valence electrons. The normalized spacial score (nSPS) is 14.5. The molecule has 1 aliphatic rings. The van der Waals surface area contributed by atoms with Crippen LogP contribution in [-0.4, -0.2) is 41.8 Å². The van der Waals surface area contributed by atoms with E-state index in [0.29, 0.717) is 17.9 Å². The number of hydrogen-bond acceptors (Lipinski definition) is 7. The number of carbonyl (C=O) groups is 3. The van der Waals surface area contributed by atoms with Gasteiger partial charge in [-0.2, -0.15) is 0 Å². The highest BCUT2D eigenvalue weighted by molar-refractivity contribution is 8.18. The first kappa shape index (κ1) is 25.6. The quantitative estimate of drug-likeness (QED) is 0.247. The Morgan fingerprint density at radius 1 is 1.03 bits per heavy atom. The van der Waals surface area contributed by atoms with Crippen LogP contribution in [0.15, 0.2) is 59.5 Å². The number of carbonyl (C=O) groups excluding carboxylic acids is 3. The Balaban J connectivity index is 1.57. The maximum atomic E-state index is 13.1. The van der Waals surface area contributed by atoms with Gasteiger partial charge in [-0.05, 0) is 65.7 Å². The summed E-state index contributed by atoms with van der Waals surface area (Å²) in [6.07, 6.45) is 1.59. The lowest BCUT2D eigenvalue weighted by molar-refractivity contribution is -0.145. The van der Waals surface area contributed by atoms with Gasteiger partial charge in [0.15, 0.2) is 18.1 Å². The van der Waals surface area contributed by atoms with E-state index >= 15 is 0 Å². The smallest absolute Gasteiger partial charge is 0.344 e. The van der Waals surface area contributed by atoms with Crippen LogP contribution in [0, 0.1) is 0 Å². The lowest BCUT2D eigenvalue weighted by Crippen LogP contribution is -2.27. The van der Waals surface area contributed by atoms with Gasteiger partial charge in [0.05, 0.1) is 29.7 Å². The molecule has 3 aromatic rings. The highest BCUT2D eigenvalue weighted by Gasteiger charge is 2.35. The fraction of sp³-hybridized carbons (Fsp3) is 0.222. The number of halogens is 1. The summed E-state index contributed by atoms with van der Waals surface area (Å²) < 4.78 is 16.1. The average molecular weight is 526 g/mol. The number of thioether (sulfide) groups is 1. The molecule has 0 N–H and O–H groups in total. The Kier molecular flexibility index (Phi) is 8.18. The number of ether oxygens (including phenoxy) is 3. The van der Waals surface area contributed by atoms with E-state index in [1.165, 1.54) is 4.90 Å². The van der Waals surface area contributed by atoms with Crippen molar-refractivity contribution in [2.24, 2.45) is 0 Å². The molecule has 0 aromatic heterocycles. The van der Waals surface area contributed by atoms with Crippen molar-refractivity contribution in [1.29, 1.82) is 0 Å². The lowest BCUT2D eigenvalue weighted by atomic mass is 10.0. The van der Waals surface area contributed by atoms with Gasteiger partial charge < -0.3 is 14.2 Å². The molecule has 7 nitrogen and oxygen atoms in total. The average Bonchev–Trinajstić information content (AvgIpc) is 3.11. The van der Waals surface area contributed by atoms with Gasteiger partial charge in [-0.1, -0.05) is 54.1 Å². The highest BCUT2D eigenvalue weighted by Crippen LogP contribution is 2.39. The molecule has 1 aliphatic heterocycles. The molecule has 0 saturated carbocycles. The van der Waals surface area contributed by atoms with Gasteiger partial charge in [-0.3, -0.25) is 14.5 Å². The number of rotatable bonds is 9. The first-order valence-electron chi connectivity index (χ1n) is 11.4. The molecule has 36 heavy (non-hydrogen) atoms. The zero-order valence-corrected chi connectivity index (χ0v) is 21.4. The SMILES string of the molecule is CCOC(=O)COc1c(Cl)cc(/C=C2/SC(=O)N(Cc3cccc4ccccc34)C2=O)cc1OCC. The monoisotopic (exact) mass is 525 g/mol. The topological polar surface area (TPSA) is 82.1 Å². The van der Waals surface area contributed by atoms with Crippen LogP contribution in [0.5, 0.6) is 11.5 Å². The molecule has 9 heteroatoms. The molecule has 4 rings (SSSR count). The van der Waals surface area contributed by atoms with Crippen molar-refractivity contribution in [3.05, 3.63) is 75.7 Å². The summed E-state index contributed by atoms with van der Waals surface area (Å²) in [4.78, 5) is 39.1. The summed E-state index contributed by atoms with van der Waals surface area (Å²) in [5.41, 5.74) is 1.45. The van der Waals surface area contributed by atoms with Gasteiger partial charge >= 0.3 is 5.97 Å². The Morgan fingerprint density at radius 3 is 2.58 bits per heavy atom. The van der Waals surface area contributed by atoms with E-state index in [1.807, 2.05) is 42.5 Å². The number of amides is 2. The summed E-state index contributed by atoms with van der Waals surface area (Å²) >= 11 is 7.29. The molecule has 0 aliphatic carbocycles. The third kappa shape index (κ3) is 5.66. The molecule has 1 saturated heterocycles. The molecule has 0 bridgehead atoms. The number of imide groups is 1. The van der Waals surface area contributed by atoms with Gasteiger partial charge in [0.2, 0.25) is 0 Å². The van der Waals surface area contributed by atoms with Crippen LogP contribution < -0.4 is 9.47 Å². The highest BCUT2D eigenvalue weighted by atomic mass is 35.5. The molecular weight excluding hydrogens is 502 g/mol. The van der Waals surface area contributed by atoms with Gasteiger partial charge in [0.25, 0.3) is 11.1 Å². The predicted octanol–water partition coefficient (Wildman–Crippen LogP) is 6.07. The Bertz CT molecular complexity index is 1350. The number of benzene rings is 3. The van der Waals surface area contributed by atoms with Crippen molar-refractivity contribution in [3.8, 4) is 11.5 Å². The third-order valence-corrected chi connectivity index (χ3v) is 6.54. The molecular formula is C27H24ClNO6S. The molecule has 0 spiro atoms. The summed E-state index contributed by atoms with van der Waals surface area (Å²) in [5, 5.41) is 1.90. The maximum Gasteiger partial charge on any atom is 0.344 e. The largest absolute Gasteiger partial charge is 0.490 e. The zero-order valence-electron chi connectivity index (χ0n) is 19.8. The Morgan fingerprint density at radius 2 is 1.81 bits per heavy atom. The van der Waals surface area contributed by atoms with E-state index in [9.17, 15) is 14.4 Å². The lowest BCUT2D eigenvalue weighted by Gasteiger charge is -2.15. The Hall–Kier alpha value is -3.49. The summed E-state index contributed by atoms with van der Waals surface area (Å²) in [6.45, 7) is 3.93. The minimum absolute atomic E-state index is 0.176. The zero-order chi connectivity index (χ0) is 25.7. The van der Waals surface area contributed by atoms with Gasteiger partial charge in [0, 0.05) is 0 Å². The maximum absolute atomic E-state index is 13.1. The van der Waals surface area contributed by atoms with Crippen LogP contribution >= 0.6 is 23.4 Å². The van der Waals surface area contributed by atoms with Crippen LogP contribution in [0.1, 0.15) is 25.0 Å². The van der Waals surface area contributed by atoms with Crippen LogP contribution in [0.25, 0.3) is 16.8 Å². The third-order valence-electron chi connectivity index (χ3n) is 5.35. The van der Waals surface area contributed by atoms with E-state index < -0.39 is 5.97 Å². The minimum atomic E-state index is -0.528. The molecule has 0 unspecified atom stereocenters. The summed E-state index contributed by atoms with van der Waals surface area (Å²) in [6, 6.07) is 16.9. The van der Waals surface area contributed by atoms with Crippen LogP contribution in [0.2, 0.25) is 5.02 Å². The number of hydrogen-bond donors (Lipinski definition) is 0. The van der Waals surface area contributed by atoms with Crippen LogP contribution in [-0.2, 0) is 20.9 Å². The molecule has 0 radical (unpaired) electrons. The second-order valence-electron chi connectivity index (χ2n) is 7.76. The van der Waals surface area contributed by atoms with Crippen LogP contribution in [0.3, 0.4) is 0 Å². The summed E-state index contributed by atoms with van der Waals surface area (Å²) in [5.74, 6) is -0.391. The van der Waals surface area contributed by atoms with Crippen molar-refractivity contribution >= 4 is 57.3 Å². The van der Waals surface area contributed by atoms with Crippen molar-refractivity contribution in [3.63, 3.8) is 0 Å². The molecule has 1 heterocycles. The van der Waals surface area contributed by atoms with E-state index in [0.717, 1.165) is 28.1 Å². The van der Waals surface area contributed by atoms with E-state index in [1.54, 1.807) is 32.1 Å². The fourth-order valence-electron chi connectivity index (χ4n) is 3.80. The second kappa shape index (κ2) is 11.5. The van der Waals surface area contributed by atoms with Crippen molar-refractivity contribution in [2.45, 2.75) is 20.4 Å². The fourth-order valence-corrected chi connectivity index (χ4v) is 4.91. The number of esters is 1. The standard InChI is InChI=1S/C27H24ClNO6S/c1-3-33-22-13-17(12-21(28)25(22)35-16-24(30)34-4-2)14-23-26(31)29(27(32)36-23)15-19-10-7-9-18-8-5-6-11-20(18)19/h5-14H,3-4,15-16H2,1-2H3/b23-14+. The van der Waals surface area contributed by atoms with Crippen molar-refractivity contribution < 1.29 is 28.6 Å². The van der Waals surface area contributed by atoms with Gasteiger partial charge in [-0.25, -0.2) is 4.79 Å². The molecule has 3 aromatic carbocycles. The predicted molar refractivity (Wildman–Crippen MR) is 140 cm³/mol. The molecule has 2 amide bonds. The van der Waals surface area contributed by atoms with E-state index in [2.05, 4.69) is 0 Å². The van der Waals surface area contributed by atoms with Gasteiger partial charge in [-0.15, -0.1) is 0 Å². The Labute approximate surface area is 218 Å². The number of nitrogens with zero attached hydrogens (tertiary/aromatic N) is 1. The minimum Gasteiger partial charge on any atom is -0.490 e. The summed E-state index contributed by atoms with van der Waals surface area (Å²) in [7, 11) is 0. The van der Waals surface area contributed by atoms with Crippen LogP contribution in [0.4, 0.5) is 4.79 Å². The number of fused-ring (bicyclic) bond motifs is 1. The van der Waals surface area contributed by atoms with Crippen molar-refractivity contribution in [2.75, 3.05) is 19.8 Å². The van der Waals surface area contributed by atoms with E-state index in [-0.39, 0.29) is 46.6 Å². The van der Waals surface area contributed by atoms with Crippen molar-refractivity contribution in [1.82, 2.24) is 4.90 Å². The van der Waals surface area contributed by atoms with Gasteiger partial charge in [0.1, 0.15) is 0 Å². The first-order chi connectivity index (χ1) is 17.4. The van der Waals surface area contributed by atoms with E-state index in [4.69, 9.17) is 25.8 Å². The molecule has 0 atom stereocenters. The molecule has 1 fully saturated rings.